The van der Waals surface area contributed by atoms with Gasteiger partial charge in [-0.15, -0.1) is 0 Å². The van der Waals surface area contributed by atoms with Gasteiger partial charge in [0.25, 0.3) is 0 Å². The highest BCUT2D eigenvalue weighted by Gasteiger charge is 2.77. The van der Waals surface area contributed by atoms with Crippen molar-refractivity contribution in [1.82, 2.24) is 0 Å². The van der Waals surface area contributed by atoms with Gasteiger partial charge in [0.2, 0.25) is 0 Å². The van der Waals surface area contributed by atoms with E-state index in [4.69, 9.17) is 18.9 Å². The van der Waals surface area contributed by atoms with E-state index in [2.05, 4.69) is 24.3 Å². The number of ether oxygens (including phenoxy) is 4. The lowest BCUT2D eigenvalue weighted by Gasteiger charge is -2.35. The summed E-state index contributed by atoms with van der Waals surface area (Å²) in [6.45, 7) is 2.90. The van der Waals surface area contributed by atoms with Gasteiger partial charge in [-0.25, -0.2) is 0 Å². The van der Waals surface area contributed by atoms with Gasteiger partial charge in [0, 0.05) is 23.7 Å². The summed E-state index contributed by atoms with van der Waals surface area (Å²) in [4.78, 5) is 0. The molecule has 0 aromatic rings. The molecule has 0 aromatic carbocycles. The predicted molar refractivity (Wildman–Crippen MR) is 68.5 cm³/mol. The van der Waals surface area contributed by atoms with Crippen molar-refractivity contribution < 1.29 is 18.9 Å². The maximum absolute atomic E-state index is 6.14. The van der Waals surface area contributed by atoms with E-state index in [1.807, 2.05) is 0 Å². The van der Waals surface area contributed by atoms with Crippen molar-refractivity contribution >= 4 is 0 Å². The summed E-state index contributed by atoms with van der Waals surface area (Å²) in [6, 6.07) is 0. The highest BCUT2D eigenvalue weighted by molar-refractivity contribution is 5.35. The van der Waals surface area contributed by atoms with Gasteiger partial charge in [-0.1, -0.05) is 24.3 Å². The molecule has 0 N–H and O–H groups in total. The Kier molecular flexibility index (Phi) is 1.76. The van der Waals surface area contributed by atoms with E-state index in [0.29, 0.717) is 35.5 Å². The highest BCUT2D eigenvalue weighted by Crippen LogP contribution is 2.72. The fraction of sp³-hybridized carbons (Fsp3) is 0.750. The van der Waals surface area contributed by atoms with Gasteiger partial charge in [-0.3, -0.25) is 0 Å². The Bertz CT molecular complexity index is 447. The highest BCUT2D eigenvalue weighted by atomic mass is 16.7. The SMILES string of the molecule is C1=C[C@@H]2C3C4[C@@H](C=C[C@@H]4C24OCCO4)C2(OCCO2)[C@H]13. The molecule has 0 bridgehead atoms. The topological polar surface area (TPSA) is 36.9 Å². The zero-order valence-corrected chi connectivity index (χ0v) is 11.2. The Morgan fingerprint density at radius 1 is 0.550 bits per heavy atom. The average Bonchev–Trinajstić information content (AvgIpc) is 3.21. The van der Waals surface area contributed by atoms with Crippen LogP contribution in [0.5, 0.6) is 0 Å². The van der Waals surface area contributed by atoms with Crippen molar-refractivity contribution in [2.75, 3.05) is 26.4 Å². The molecule has 2 aliphatic heterocycles. The van der Waals surface area contributed by atoms with Crippen molar-refractivity contribution in [3.05, 3.63) is 24.3 Å². The molecule has 106 valence electrons. The minimum absolute atomic E-state index is 0.365. The van der Waals surface area contributed by atoms with E-state index in [9.17, 15) is 0 Å². The van der Waals surface area contributed by atoms with Gasteiger partial charge in [0.15, 0.2) is 11.6 Å². The van der Waals surface area contributed by atoms with Crippen LogP contribution in [-0.4, -0.2) is 38.0 Å². The summed E-state index contributed by atoms with van der Waals surface area (Å²) >= 11 is 0. The lowest BCUT2D eigenvalue weighted by atomic mass is 9.88. The molecule has 6 atom stereocenters. The Labute approximate surface area is 117 Å². The second-order valence-electron chi connectivity index (χ2n) is 6.86. The summed E-state index contributed by atoms with van der Waals surface area (Å²) in [5.41, 5.74) is 0. The molecule has 2 unspecified atom stereocenters. The molecule has 2 saturated carbocycles. The van der Waals surface area contributed by atoms with Gasteiger partial charge >= 0.3 is 0 Å². The zero-order chi connectivity index (χ0) is 12.9. The van der Waals surface area contributed by atoms with Crippen molar-refractivity contribution in [3.8, 4) is 0 Å². The summed E-state index contributed by atoms with van der Waals surface area (Å²) in [7, 11) is 0. The molecule has 2 heterocycles. The predicted octanol–water partition coefficient (Wildman–Crippen LogP) is 1.34. The smallest absolute Gasteiger partial charge is 0.181 e. The molecule has 4 fully saturated rings. The van der Waals surface area contributed by atoms with E-state index in [-0.39, 0.29) is 0 Å². The summed E-state index contributed by atoms with van der Waals surface area (Å²) < 4.78 is 24.6. The number of rotatable bonds is 0. The second kappa shape index (κ2) is 3.22. The molecular formula is C16H18O4. The molecule has 4 aliphatic carbocycles. The first kappa shape index (κ1) is 11.0. The van der Waals surface area contributed by atoms with E-state index in [1.54, 1.807) is 0 Å². The molecule has 2 spiro atoms. The summed E-state index contributed by atoms with van der Waals surface area (Å²) in [6.07, 6.45) is 9.26. The molecular weight excluding hydrogens is 256 g/mol. The molecule has 0 radical (unpaired) electrons. The van der Waals surface area contributed by atoms with Gasteiger partial charge < -0.3 is 18.9 Å². The summed E-state index contributed by atoms with van der Waals surface area (Å²) in [5.74, 6) is 1.77. The average molecular weight is 274 g/mol. The Morgan fingerprint density at radius 2 is 0.850 bits per heavy atom. The van der Waals surface area contributed by atoms with Crippen LogP contribution in [0.25, 0.3) is 0 Å². The first-order chi connectivity index (χ1) is 9.87. The van der Waals surface area contributed by atoms with Crippen LogP contribution >= 0.6 is 0 Å². The van der Waals surface area contributed by atoms with E-state index in [0.717, 1.165) is 26.4 Å². The first-order valence-electron chi connectivity index (χ1n) is 7.79. The van der Waals surface area contributed by atoms with Crippen molar-refractivity contribution in [1.29, 1.82) is 0 Å². The largest absolute Gasteiger partial charge is 0.346 e. The Hall–Kier alpha value is -0.680. The molecule has 0 aromatic heterocycles. The van der Waals surface area contributed by atoms with Crippen LogP contribution in [-0.2, 0) is 18.9 Å². The lowest BCUT2D eigenvalue weighted by molar-refractivity contribution is -0.222. The lowest BCUT2D eigenvalue weighted by Crippen LogP contribution is -2.45. The van der Waals surface area contributed by atoms with Crippen molar-refractivity contribution in [2.45, 2.75) is 11.6 Å². The molecule has 4 heteroatoms. The summed E-state index contributed by atoms with van der Waals surface area (Å²) in [5, 5.41) is 0. The van der Waals surface area contributed by atoms with Gasteiger partial charge in [-0.2, -0.15) is 0 Å². The molecule has 2 saturated heterocycles. The first-order valence-corrected chi connectivity index (χ1v) is 7.79. The van der Waals surface area contributed by atoms with Gasteiger partial charge in [-0.05, 0) is 11.8 Å². The Morgan fingerprint density at radius 3 is 1.15 bits per heavy atom. The monoisotopic (exact) mass is 274 g/mol. The van der Waals surface area contributed by atoms with E-state index < -0.39 is 11.6 Å². The van der Waals surface area contributed by atoms with Gasteiger partial charge in [0.1, 0.15) is 0 Å². The van der Waals surface area contributed by atoms with Gasteiger partial charge in [0.05, 0.1) is 26.4 Å². The fourth-order valence-corrected chi connectivity index (χ4v) is 6.11. The zero-order valence-electron chi connectivity index (χ0n) is 11.2. The number of fused-ring (bicyclic) bond motifs is 4. The van der Waals surface area contributed by atoms with Crippen molar-refractivity contribution in [3.63, 3.8) is 0 Å². The Balaban J connectivity index is 1.54. The number of hydrogen-bond donors (Lipinski definition) is 0. The maximum atomic E-state index is 6.14. The van der Waals surface area contributed by atoms with E-state index >= 15 is 0 Å². The third kappa shape index (κ3) is 0.907. The van der Waals surface area contributed by atoms with Crippen LogP contribution < -0.4 is 0 Å². The van der Waals surface area contributed by atoms with E-state index in [1.165, 1.54) is 0 Å². The van der Waals surface area contributed by atoms with Crippen LogP contribution in [0, 0.1) is 35.5 Å². The third-order valence-electron chi connectivity index (χ3n) is 6.49. The minimum Gasteiger partial charge on any atom is -0.346 e. The van der Waals surface area contributed by atoms with Crippen LogP contribution in [0.1, 0.15) is 0 Å². The van der Waals surface area contributed by atoms with Crippen LogP contribution in [0.2, 0.25) is 0 Å². The minimum atomic E-state index is -0.397. The standard InChI is InChI=1S/C16H18O4/c1-2-10-13-9(1)15(17-5-6-18-15)11-3-4-12(14(11)13)16(10)19-7-8-20-16/h1-4,9-14H,5-8H2/t9-,10-,11-,12+,13?,14?/m1/s1. The molecule has 20 heavy (non-hydrogen) atoms. The van der Waals surface area contributed by atoms with Crippen molar-refractivity contribution in [2.24, 2.45) is 35.5 Å². The second-order valence-corrected chi connectivity index (χ2v) is 6.86. The quantitative estimate of drug-likeness (QED) is 0.625. The fourth-order valence-electron chi connectivity index (χ4n) is 6.11. The third-order valence-corrected chi connectivity index (χ3v) is 6.49. The molecule has 6 rings (SSSR count). The van der Waals surface area contributed by atoms with Crippen LogP contribution in [0.4, 0.5) is 0 Å². The van der Waals surface area contributed by atoms with Crippen LogP contribution in [0.15, 0.2) is 24.3 Å². The maximum Gasteiger partial charge on any atom is 0.181 e. The molecule has 6 aliphatic rings. The number of hydrogen-bond acceptors (Lipinski definition) is 4. The molecule has 4 nitrogen and oxygen atoms in total. The normalized spacial score (nSPS) is 54.8. The molecule has 0 amide bonds. The van der Waals surface area contributed by atoms with Crippen LogP contribution in [0.3, 0.4) is 0 Å².